The molecule has 0 aliphatic carbocycles. The number of non-ortho nitro benzene ring substituents is 1. The summed E-state index contributed by atoms with van der Waals surface area (Å²) in [7, 11) is 0. The molecule has 0 N–H and O–H groups in total. The van der Waals surface area contributed by atoms with E-state index in [4.69, 9.17) is 0 Å². The molecule has 0 atom stereocenters. The lowest BCUT2D eigenvalue weighted by atomic mass is 10.0. The Hall–Kier alpha value is -3.02. The lowest BCUT2D eigenvalue weighted by Crippen LogP contribution is -1.99. The van der Waals surface area contributed by atoms with Crippen LogP contribution in [-0.4, -0.2) is 14.7 Å². The third kappa shape index (κ3) is 2.70. The molecule has 0 fully saturated rings. The smallest absolute Gasteiger partial charge is 0.258 e. The average Bonchev–Trinajstić information content (AvgIpc) is 2.83. The second kappa shape index (κ2) is 5.64. The van der Waals surface area contributed by atoms with E-state index in [2.05, 4.69) is 5.10 Å². The van der Waals surface area contributed by atoms with Crippen molar-refractivity contribution >= 4 is 5.69 Å². The van der Waals surface area contributed by atoms with Gasteiger partial charge in [-0.15, -0.1) is 0 Å². The van der Waals surface area contributed by atoms with E-state index in [0.29, 0.717) is 0 Å². The zero-order valence-electron chi connectivity index (χ0n) is 12.7. The van der Waals surface area contributed by atoms with Gasteiger partial charge in [-0.2, -0.15) is 5.10 Å². The van der Waals surface area contributed by atoms with Gasteiger partial charge in [-0.1, -0.05) is 12.1 Å². The first-order chi connectivity index (χ1) is 11.0. The molecular formula is C17H14FN3O2. The van der Waals surface area contributed by atoms with E-state index in [9.17, 15) is 14.5 Å². The van der Waals surface area contributed by atoms with Gasteiger partial charge in [0, 0.05) is 23.4 Å². The first-order valence-corrected chi connectivity index (χ1v) is 7.04. The Labute approximate surface area is 132 Å². The van der Waals surface area contributed by atoms with Crippen molar-refractivity contribution in [2.75, 3.05) is 0 Å². The molecule has 23 heavy (non-hydrogen) atoms. The SMILES string of the molecule is Cc1nn(-c2ccc(F)cc2)c(C)c1-c1cccc([N+](=O)[O-])c1. The summed E-state index contributed by atoms with van der Waals surface area (Å²) >= 11 is 0. The number of aryl methyl sites for hydroxylation is 1. The van der Waals surface area contributed by atoms with Crippen molar-refractivity contribution in [3.8, 4) is 16.8 Å². The fourth-order valence-corrected chi connectivity index (χ4v) is 2.67. The zero-order valence-corrected chi connectivity index (χ0v) is 12.7. The summed E-state index contributed by atoms with van der Waals surface area (Å²) in [5.41, 5.74) is 3.96. The molecule has 3 rings (SSSR count). The maximum absolute atomic E-state index is 13.1. The predicted molar refractivity (Wildman–Crippen MR) is 85.1 cm³/mol. The summed E-state index contributed by atoms with van der Waals surface area (Å²) in [5, 5.41) is 15.4. The van der Waals surface area contributed by atoms with E-state index in [-0.39, 0.29) is 11.5 Å². The molecule has 0 saturated carbocycles. The second-order valence-corrected chi connectivity index (χ2v) is 5.24. The summed E-state index contributed by atoms with van der Waals surface area (Å²) in [6.07, 6.45) is 0. The van der Waals surface area contributed by atoms with Crippen molar-refractivity contribution in [3.05, 3.63) is 75.9 Å². The molecule has 116 valence electrons. The van der Waals surface area contributed by atoms with Gasteiger partial charge >= 0.3 is 0 Å². The zero-order chi connectivity index (χ0) is 16.6. The van der Waals surface area contributed by atoms with E-state index >= 15 is 0 Å². The Morgan fingerprint density at radius 2 is 1.83 bits per heavy atom. The fraction of sp³-hybridized carbons (Fsp3) is 0.118. The summed E-state index contributed by atoms with van der Waals surface area (Å²) in [6.45, 7) is 3.73. The highest BCUT2D eigenvalue weighted by atomic mass is 19.1. The Morgan fingerprint density at radius 3 is 2.48 bits per heavy atom. The molecule has 0 amide bonds. The maximum atomic E-state index is 13.1. The van der Waals surface area contributed by atoms with E-state index in [1.54, 1.807) is 22.9 Å². The van der Waals surface area contributed by atoms with E-state index in [1.165, 1.54) is 24.3 Å². The van der Waals surface area contributed by atoms with Crippen LogP contribution in [0.3, 0.4) is 0 Å². The maximum Gasteiger partial charge on any atom is 0.270 e. The van der Waals surface area contributed by atoms with Crippen LogP contribution in [0.15, 0.2) is 48.5 Å². The lowest BCUT2D eigenvalue weighted by Gasteiger charge is -2.06. The predicted octanol–water partition coefficient (Wildman–Crippen LogP) is 4.20. The lowest BCUT2D eigenvalue weighted by molar-refractivity contribution is -0.384. The molecule has 0 aliphatic heterocycles. The van der Waals surface area contributed by atoms with Gasteiger partial charge in [-0.05, 0) is 43.7 Å². The van der Waals surface area contributed by atoms with Crippen LogP contribution in [0.25, 0.3) is 16.8 Å². The molecule has 3 aromatic rings. The van der Waals surface area contributed by atoms with Crippen molar-refractivity contribution in [2.24, 2.45) is 0 Å². The molecule has 0 unspecified atom stereocenters. The third-order valence-corrected chi connectivity index (χ3v) is 3.71. The van der Waals surface area contributed by atoms with Crippen molar-refractivity contribution in [3.63, 3.8) is 0 Å². The first kappa shape index (κ1) is 14.9. The summed E-state index contributed by atoms with van der Waals surface area (Å²) < 4.78 is 14.8. The number of hydrogen-bond donors (Lipinski definition) is 0. The molecule has 6 heteroatoms. The van der Waals surface area contributed by atoms with Crippen LogP contribution in [0, 0.1) is 29.8 Å². The van der Waals surface area contributed by atoms with Gasteiger partial charge in [0.2, 0.25) is 0 Å². The summed E-state index contributed by atoms with van der Waals surface area (Å²) in [5.74, 6) is -0.311. The highest BCUT2D eigenvalue weighted by Crippen LogP contribution is 2.30. The number of hydrogen-bond acceptors (Lipinski definition) is 3. The molecule has 2 aromatic carbocycles. The van der Waals surface area contributed by atoms with Crippen LogP contribution < -0.4 is 0 Å². The molecule has 0 spiro atoms. The van der Waals surface area contributed by atoms with Crippen molar-refractivity contribution in [1.82, 2.24) is 9.78 Å². The third-order valence-electron chi connectivity index (χ3n) is 3.71. The van der Waals surface area contributed by atoms with Crippen molar-refractivity contribution < 1.29 is 9.31 Å². The molecule has 5 nitrogen and oxygen atoms in total. The standard InChI is InChI=1S/C17H14FN3O2/c1-11-17(13-4-3-5-16(10-13)21(22)23)12(2)20(19-11)15-8-6-14(18)7-9-15/h3-10H,1-2H3. The molecule has 0 radical (unpaired) electrons. The number of nitrogens with zero attached hydrogens (tertiary/aromatic N) is 3. The second-order valence-electron chi connectivity index (χ2n) is 5.24. The average molecular weight is 311 g/mol. The molecular weight excluding hydrogens is 297 g/mol. The van der Waals surface area contributed by atoms with Crippen LogP contribution in [0.1, 0.15) is 11.4 Å². The van der Waals surface area contributed by atoms with Crippen LogP contribution in [-0.2, 0) is 0 Å². The van der Waals surface area contributed by atoms with Gasteiger partial charge in [0.05, 0.1) is 16.3 Å². The Bertz CT molecular complexity index is 885. The van der Waals surface area contributed by atoms with E-state index < -0.39 is 4.92 Å². The minimum absolute atomic E-state index is 0.0378. The van der Waals surface area contributed by atoms with Gasteiger partial charge in [0.1, 0.15) is 5.82 Å². The molecule has 0 bridgehead atoms. The monoisotopic (exact) mass is 311 g/mol. The minimum atomic E-state index is -0.418. The number of nitro benzene ring substituents is 1. The summed E-state index contributed by atoms with van der Waals surface area (Å²) in [4.78, 5) is 10.5. The van der Waals surface area contributed by atoms with Gasteiger partial charge in [-0.3, -0.25) is 10.1 Å². The van der Waals surface area contributed by atoms with Gasteiger partial charge in [0.15, 0.2) is 0 Å². The van der Waals surface area contributed by atoms with Crippen LogP contribution in [0.5, 0.6) is 0 Å². The van der Waals surface area contributed by atoms with Gasteiger partial charge < -0.3 is 0 Å². The Balaban J connectivity index is 2.13. The fourth-order valence-electron chi connectivity index (χ4n) is 2.67. The molecule has 1 aromatic heterocycles. The Kier molecular flexibility index (Phi) is 3.65. The van der Waals surface area contributed by atoms with Crippen molar-refractivity contribution in [2.45, 2.75) is 13.8 Å². The number of aromatic nitrogens is 2. The van der Waals surface area contributed by atoms with Crippen LogP contribution in [0.4, 0.5) is 10.1 Å². The topological polar surface area (TPSA) is 61.0 Å². The van der Waals surface area contributed by atoms with Gasteiger partial charge in [-0.25, -0.2) is 9.07 Å². The number of rotatable bonds is 3. The number of nitro groups is 1. The van der Waals surface area contributed by atoms with E-state index in [1.807, 2.05) is 19.9 Å². The van der Waals surface area contributed by atoms with Crippen molar-refractivity contribution in [1.29, 1.82) is 0 Å². The Morgan fingerprint density at radius 1 is 1.13 bits per heavy atom. The molecule has 1 heterocycles. The quantitative estimate of drug-likeness (QED) is 0.538. The van der Waals surface area contributed by atoms with Crippen LogP contribution >= 0.6 is 0 Å². The van der Waals surface area contributed by atoms with E-state index in [0.717, 1.165) is 28.2 Å². The number of benzene rings is 2. The first-order valence-electron chi connectivity index (χ1n) is 7.04. The summed E-state index contributed by atoms with van der Waals surface area (Å²) in [6, 6.07) is 12.5. The highest BCUT2D eigenvalue weighted by Gasteiger charge is 2.16. The van der Waals surface area contributed by atoms with Gasteiger partial charge in [0.25, 0.3) is 5.69 Å². The molecule has 0 saturated heterocycles. The minimum Gasteiger partial charge on any atom is -0.258 e. The largest absolute Gasteiger partial charge is 0.270 e. The highest BCUT2D eigenvalue weighted by molar-refractivity contribution is 5.71. The van der Waals surface area contributed by atoms with Crippen LogP contribution in [0.2, 0.25) is 0 Å². The normalized spacial score (nSPS) is 10.7. The molecule has 0 aliphatic rings. The number of halogens is 1.